The number of ether oxygens (including phenoxy) is 1. The highest BCUT2D eigenvalue weighted by molar-refractivity contribution is 7.99. The van der Waals surface area contributed by atoms with Gasteiger partial charge in [0.1, 0.15) is 5.82 Å². The number of hydrogen-bond donors (Lipinski definition) is 1. The quantitative estimate of drug-likeness (QED) is 0.604. The first-order chi connectivity index (χ1) is 8.27. The molecular formula is C11H20N4OS. The molecule has 17 heavy (non-hydrogen) atoms. The maximum atomic E-state index is 5.34. The minimum atomic E-state index is 0.706. The Hall–Kier alpha value is -0.590. The topological polar surface area (TPSA) is 52.0 Å². The van der Waals surface area contributed by atoms with Gasteiger partial charge in [0, 0.05) is 32.5 Å². The summed E-state index contributed by atoms with van der Waals surface area (Å²) in [5.74, 6) is 2.69. The van der Waals surface area contributed by atoms with Gasteiger partial charge < -0.3 is 14.6 Å². The molecule has 96 valence electrons. The molecule has 1 unspecified atom stereocenters. The lowest BCUT2D eigenvalue weighted by Gasteiger charge is -2.08. The molecule has 0 radical (unpaired) electrons. The SMILES string of the molecule is Cc1nnc(SCCNCC2CCOC2)n1C. The van der Waals surface area contributed by atoms with Crippen LogP contribution in [-0.4, -0.2) is 46.8 Å². The summed E-state index contributed by atoms with van der Waals surface area (Å²) < 4.78 is 7.36. The van der Waals surface area contributed by atoms with Crippen LogP contribution in [0.3, 0.4) is 0 Å². The monoisotopic (exact) mass is 256 g/mol. The van der Waals surface area contributed by atoms with E-state index in [1.165, 1.54) is 6.42 Å². The van der Waals surface area contributed by atoms with Crippen molar-refractivity contribution in [2.24, 2.45) is 13.0 Å². The summed E-state index contributed by atoms with van der Waals surface area (Å²) in [5.41, 5.74) is 0. The minimum absolute atomic E-state index is 0.706. The van der Waals surface area contributed by atoms with Crippen LogP contribution in [0.1, 0.15) is 12.2 Å². The Morgan fingerprint density at radius 3 is 3.06 bits per heavy atom. The zero-order chi connectivity index (χ0) is 12.1. The van der Waals surface area contributed by atoms with Gasteiger partial charge in [-0.3, -0.25) is 0 Å². The van der Waals surface area contributed by atoms with Gasteiger partial charge in [-0.15, -0.1) is 10.2 Å². The van der Waals surface area contributed by atoms with Crippen molar-refractivity contribution in [1.29, 1.82) is 0 Å². The molecule has 1 aromatic rings. The van der Waals surface area contributed by atoms with Crippen LogP contribution in [0.25, 0.3) is 0 Å². The second-order valence-corrected chi connectivity index (χ2v) is 5.43. The van der Waals surface area contributed by atoms with Gasteiger partial charge in [0.2, 0.25) is 0 Å². The van der Waals surface area contributed by atoms with Gasteiger partial charge in [-0.05, 0) is 19.3 Å². The van der Waals surface area contributed by atoms with Gasteiger partial charge >= 0.3 is 0 Å². The van der Waals surface area contributed by atoms with E-state index in [1.54, 1.807) is 11.8 Å². The van der Waals surface area contributed by atoms with Gasteiger partial charge in [-0.2, -0.15) is 0 Å². The lowest BCUT2D eigenvalue weighted by atomic mass is 10.1. The summed E-state index contributed by atoms with van der Waals surface area (Å²) in [5, 5.41) is 12.6. The van der Waals surface area contributed by atoms with Crippen molar-refractivity contribution >= 4 is 11.8 Å². The summed E-state index contributed by atoms with van der Waals surface area (Å²) in [6.45, 7) is 5.89. The summed E-state index contributed by atoms with van der Waals surface area (Å²) in [4.78, 5) is 0. The van der Waals surface area contributed by atoms with Crippen LogP contribution in [0, 0.1) is 12.8 Å². The molecule has 2 heterocycles. The van der Waals surface area contributed by atoms with Crippen LogP contribution < -0.4 is 5.32 Å². The van der Waals surface area contributed by atoms with E-state index in [0.29, 0.717) is 5.92 Å². The molecule has 0 aromatic carbocycles. The molecule has 5 nitrogen and oxygen atoms in total. The lowest BCUT2D eigenvalue weighted by molar-refractivity contribution is 0.185. The molecular weight excluding hydrogens is 236 g/mol. The number of nitrogens with one attached hydrogen (secondary N) is 1. The fourth-order valence-corrected chi connectivity index (χ4v) is 2.63. The Morgan fingerprint density at radius 1 is 1.53 bits per heavy atom. The Bertz CT molecular complexity index is 349. The molecule has 1 saturated heterocycles. The highest BCUT2D eigenvalue weighted by atomic mass is 32.2. The molecule has 0 aliphatic carbocycles. The number of hydrogen-bond acceptors (Lipinski definition) is 5. The van der Waals surface area contributed by atoms with Gasteiger partial charge in [-0.25, -0.2) is 0 Å². The Labute approximate surface area is 106 Å². The highest BCUT2D eigenvalue weighted by Crippen LogP contribution is 2.14. The number of nitrogens with zero attached hydrogens (tertiary/aromatic N) is 3. The summed E-state index contributed by atoms with van der Waals surface area (Å²) in [6, 6.07) is 0. The molecule has 1 atom stereocenters. The average molecular weight is 256 g/mol. The Morgan fingerprint density at radius 2 is 2.41 bits per heavy atom. The molecule has 0 saturated carbocycles. The minimum Gasteiger partial charge on any atom is -0.381 e. The van der Waals surface area contributed by atoms with Gasteiger partial charge in [0.05, 0.1) is 6.61 Å². The predicted octanol–water partition coefficient (Wildman–Crippen LogP) is 0.842. The first kappa shape index (κ1) is 12.9. The molecule has 2 rings (SSSR count). The second-order valence-electron chi connectivity index (χ2n) is 4.37. The zero-order valence-corrected chi connectivity index (χ0v) is 11.3. The fourth-order valence-electron chi connectivity index (χ4n) is 1.78. The third-order valence-corrected chi connectivity index (χ3v) is 4.04. The van der Waals surface area contributed by atoms with Crippen LogP contribution in [0.5, 0.6) is 0 Å². The van der Waals surface area contributed by atoms with Crippen molar-refractivity contribution in [3.63, 3.8) is 0 Å². The molecule has 1 aliphatic rings. The summed E-state index contributed by atoms with van der Waals surface area (Å²) in [6.07, 6.45) is 1.20. The summed E-state index contributed by atoms with van der Waals surface area (Å²) in [7, 11) is 2.00. The Balaban J connectivity index is 1.58. The fraction of sp³-hybridized carbons (Fsp3) is 0.818. The van der Waals surface area contributed by atoms with E-state index in [1.807, 2.05) is 18.5 Å². The van der Waals surface area contributed by atoms with E-state index < -0.39 is 0 Å². The van der Waals surface area contributed by atoms with Crippen molar-refractivity contribution in [3.05, 3.63) is 5.82 Å². The smallest absolute Gasteiger partial charge is 0.190 e. The second kappa shape index (κ2) is 6.37. The first-order valence-corrected chi connectivity index (χ1v) is 7.03. The van der Waals surface area contributed by atoms with Crippen LogP contribution in [-0.2, 0) is 11.8 Å². The maximum Gasteiger partial charge on any atom is 0.190 e. The van der Waals surface area contributed by atoms with E-state index in [4.69, 9.17) is 4.74 Å². The van der Waals surface area contributed by atoms with Crippen LogP contribution in [0.15, 0.2) is 5.16 Å². The normalized spacial score (nSPS) is 20.0. The van der Waals surface area contributed by atoms with E-state index in [0.717, 1.165) is 43.0 Å². The molecule has 1 N–H and O–H groups in total. The van der Waals surface area contributed by atoms with Crippen molar-refractivity contribution in [2.75, 3.05) is 32.1 Å². The predicted molar refractivity (Wildman–Crippen MR) is 68.3 cm³/mol. The molecule has 6 heteroatoms. The van der Waals surface area contributed by atoms with Crippen molar-refractivity contribution in [2.45, 2.75) is 18.5 Å². The van der Waals surface area contributed by atoms with Crippen molar-refractivity contribution in [1.82, 2.24) is 20.1 Å². The van der Waals surface area contributed by atoms with Gasteiger partial charge in [0.25, 0.3) is 0 Å². The van der Waals surface area contributed by atoms with E-state index in [2.05, 4.69) is 15.5 Å². The molecule has 1 aromatic heterocycles. The van der Waals surface area contributed by atoms with Crippen molar-refractivity contribution in [3.8, 4) is 0 Å². The number of thioether (sulfide) groups is 1. The number of aromatic nitrogens is 3. The average Bonchev–Trinajstić information content (AvgIpc) is 2.93. The van der Waals surface area contributed by atoms with Crippen molar-refractivity contribution < 1.29 is 4.74 Å². The van der Waals surface area contributed by atoms with Gasteiger partial charge in [0.15, 0.2) is 5.16 Å². The maximum absolute atomic E-state index is 5.34. The molecule has 1 fully saturated rings. The largest absolute Gasteiger partial charge is 0.381 e. The van der Waals surface area contributed by atoms with Crippen LogP contribution >= 0.6 is 11.8 Å². The number of rotatable bonds is 6. The molecule has 1 aliphatic heterocycles. The van der Waals surface area contributed by atoms with Crippen LogP contribution in [0.4, 0.5) is 0 Å². The van der Waals surface area contributed by atoms with Crippen LogP contribution in [0.2, 0.25) is 0 Å². The molecule has 0 spiro atoms. The standard InChI is InChI=1S/C11H20N4OS/c1-9-13-14-11(15(9)2)17-6-4-12-7-10-3-5-16-8-10/h10,12H,3-8H2,1-2H3. The lowest BCUT2D eigenvalue weighted by Crippen LogP contribution is -2.25. The molecule has 0 bridgehead atoms. The third-order valence-electron chi connectivity index (χ3n) is 3.02. The Kier molecular flexibility index (Phi) is 4.82. The highest BCUT2D eigenvalue weighted by Gasteiger charge is 2.14. The van der Waals surface area contributed by atoms with Gasteiger partial charge in [-0.1, -0.05) is 11.8 Å². The summed E-state index contributed by atoms with van der Waals surface area (Å²) >= 11 is 1.75. The number of aryl methyl sites for hydroxylation is 1. The first-order valence-electron chi connectivity index (χ1n) is 6.04. The van der Waals surface area contributed by atoms with E-state index in [-0.39, 0.29) is 0 Å². The third kappa shape index (κ3) is 3.69. The molecule has 0 amide bonds. The zero-order valence-electron chi connectivity index (χ0n) is 10.5. The van der Waals surface area contributed by atoms with E-state index in [9.17, 15) is 0 Å². The van der Waals surface area contributed by atoms with E-state index >= 15 is 0 Å².